The van der Waals surface area contributed by atoms with Crippen LogP contribution < -0.4 is 0 Å². The fourth-order valence-electron chi connectivity index (χ4n) is 2.53. The van der Waals surface area contributed by atoms with Crippen molar-refractivity contribution in [3.05, 3.63) is 0 Å². The first kappa shape index (κ1) is 15.3. The molecule has 1 fully saturated rings. The fourth-order valence-corrected chi connectivity index (χ4v) is 2.68. The molecule has 1 unspecified atom stereocenters. The Balaban J connectivity index is 2.71. The molecule has 0 bridgehead atoms. The topological polar surface area (TPSA) is 40.6 Å². The SMILES string of the molecule is CC(=O)N(CC1CCCCN1C(=O)CCl)C(C)C. The van der Waals surface area contributed by atoms with Gasteiger partial charge in [-0.05, 0) is 33.1 Å². The number of hydrogen-bond donors (Lipinski definition) is 0. The molecule has 104 valence electrons. The van der Waals surface area contributed by atoms with Gasteiger partial charge < -0.3 is 9.80 Å². The van der Waals surface area contributed by atoms with Gasteiger partial charge in [-0.2, -0.15) is 0 Å². The first-order valence-electron chi connectivity index (χ1n) is 6.60. The lowest BCUT2D eigenvalue weighted by Crippen LogP contribution is -2.52. The Kier molecular flexibility index (Phi) is 5.93. The van der Waals surface area contributed by atoms with E-state index in [-0.39, 0.29) is 29.8 Å². The molecule has 1 heterocycles. The number of carbonyl (C=O) groups is 2. The van der Waals surface area contributed by atoms with Gasteiger partial charge in [-0.15, -0.1) is 11.6 Å². The van der Waals surface area contributed by atoms with E-state index < -0.39 is 0 Å². The summed E-state index contributed by atoms with van der Waals surface area (Å²) in [6.45, 7) is 6.96. The van der Waals surface area contributed by atoms with Crippen LogP contribution in [0.5, 0.6) is 0 Å². The molecule has 18 heavy (non-hydrogen) atoms. The highest BCUT2D eigenvalue weighted by atomic mass is 35.5. The maximum atomic E-state index is 11.8. The van der Waals surface area contributed by atoms with E-state index in [1.807, 2.05) is 23.6 Å². The Morgan fingerprint density at radius 1 is 1.39 bits per heavy atom. The summed E-state index contributed by atoms with van der Waals surface area (Å²) in [4.78, 5) is 27.1. The largest absolute Gasteiger partial charge is 0.338 e. The molecule has 5 heteroatoms. The molecule has 0 aromatic rings. The lowest BCUT2D eigenvalue weighted by Gasteiger charge is -2.39. The van der Waals surface area contributed by atoms with Gasteiger partial charge in [0.1, 0.15) is 5.88 Å². The maximum Gasteiger partial charge on any atom is 0.237 e. The monoisotopic (exact) mass is 274 g/mol. The second-order valence-corrected chi connectivity index (χ2v) is 5.40. The van der Waals surface area contributed by atoms with Crippen LogP contribution in [0.2, 0.25) is 0 Å². The number of piperidine rings is 1. The van der Waals surface area contributed by atoms with Crippen LogP contribution in [0.25, 0.3) is 0 Å². The van der Waals surface area contributed by atoms with Crippen molar-refractivity contribution < 1.29 is 9.59 Å². The van der Waals surface area contributed by atoms with E-state index in [1.165, 1.54) is 0 Å². The Morgan fingerprint density at radius 2 is 2.06 bits per heavy atom. The molecule has 2 amide bonds. The van der Waals surface area contributed by atoms with E-state index >= 15 is 0 Å². The molecule has 0 aliphatic carbocycles. The Morgan fingerprint density at radius 3 is 2.56 bits per heavy atom. The van der Waals surface area contributed by atoms with E-state index in [9.17, 15) is 9.59 Å². The number of alkyl halides is 1. The van der Waals surface area contributed by atoms with Gasteiger partial charge in [0.15, 0.2) is 0 Å². The predicted octanol–water partition coefficient (Wildman–Crippen LogP) is 1.86. The van der Waals surface area contributed by atoms with Gasteiger partial charge in [-0.1, -0.05) is 0 Å². The van der Waals surface area contributed by atoms with Crippen LogP contribution in [0, 0.1) is 0 Å². The number of hydrogen-bond acceptors (Lipinski definition) is 2. The normalized spacial score (nSPS) is 20.1. The fraction of sp³-hybridized carbons (Fsp3) is 0.846. The molecule has 0 N–H and O–H groups in total. The van der Waals surface area contributed by atoms with Gasteiger partial charge in [0.2, 0.25) is 11.8 Å². The highest BCUT2D eigenvalue weighted by Gasteiger charge is 2.29. The summed E-state index contributed by atoms with van der Waals surface area (Å²) in [7, 11) is 0. The van der Waals surface area contributed by atoms with Crippen LogP contribution >= 0.6 is 11.6 Å². The summed E-state index contributed by atoms with van der Waals surface area (Å²) in [5.74, 6) is 0.0700. The summed E-state index contributed by atoms with van der Waals surface area (Å²) in [6, 6.07) is 0.286. The smallest absolute Gasteiger partial charge is 0.237 e. The highest BCUT2D eigenvalue weighted by molar-refractivity contribution is 6.27. The molecule has 0 aromatic heterocycles. The minimum atomic E-state index is -0.0198. The van der Waals surface area contributed by atoms with Crippen LogP contribution in [0.1, 0.15) is 40.0 Å². The number of rotatable bonds is 4. The third kappa shape index (κ3) is 3.87. The van der Waals surface area contributed by atoms with Crippen LogP contribution in [0.15, 0.2) is 0 Å². The van der Waals surface area contributed by atoms with E-state index in [4.69, 9.17) is 11.6 Å². The standard InChI is InChI=1S/C13H23ClN2O2/c1-10(2)16(11(3)17)9-12-6-4-5-7-15(12)13(18)8-14/h10,12H,4-9H2,1-3H3. The molecule has 1 rings (SSSR count). The minimum Gasteiger partial charge on any atom is -0.338 e. The van der Waals surface area contributed by atoms with E-state index in [2.05, 4.69) is 0 Å². The van der Waals surface area contributed by atoms with Gasteiger partial charge in [0.05, 0.1) is 0 Å². The van der Waals surface area contributed by atoms with Crippen LogP contribution in [0.4, 0.5) is 0 Å². The van der Waals surface area contributed by atoms with Gasteiger partial charge in [-0.3, -0.25) is 9.59 Å². The Labute approximate surface area is 114 Å². The lowest BCUT2D eigenvalue weighted by atomic mass is 10.0. The number of nitrogens with zero attached hydrogens (tertiary/aromatic N) is 2. The van der Waals surface area contributed by atoms with Crippen molar-refractivity contribution >= 4 is 23.4 Å². The molecule has 4 nitrogen and oxygen atoms in total. The average molecular weight is 275 g/mol. The summed E-state index contributed by atoms with van der Waals surface area (Å²) in [5, 5.41) is 0. The molecule has 1 atom stereocenters. The third-order valence-electron chi connectivity index (χ3n) is 3.50. The number of carbonyl (C=O) groups excluding carboxylic acids is 2. The zero-order valence-electron chi connectivity index (χ0n) is 11.5. The first-order chi connectivity index (χ1) is 8.47. The van der Waals surface area contributed by atoms with Crippen molar-refractivity contribution in [2.45, 2.75) is 52.1 Å². The van der Waals surface area contributed by atoms with Gasteiger partial charge in [-0.25, -0.2) is 0 Å². The molecular weight excluding hydrogens is 252 g/mol. The predicted molar refractivity (Wildman–Crippen MR) is 72.6 cm³/mol. The number of amides is 2. The molecular formula is C13H23ClN2O2. The zero-order chi connectivity index (χ0) is 13.7. The van der Waals surface area contributed by atoms with Crippen molar-refractivity contribution in [3.8, 4) is 0 Å². The van der Waals surface area contributed by atoms with Crippen molar-refractivity contribution in [1.29, 1.82) is 0 Å². The molecule has 0 spiro atoms. The van der Waals surface area contributed by atoms with Crippen LogP contribution in [0.3, 0.4) is 0 Å². The molecule has 1 saturated heterocycles. The third-order valence-corrected chi connectivity index (χ3v) is 3.73. The molecule has 0 radical (unpaired) electrons. The summed E-state index contributed by atoms with van der Waals surface area (Å²) in [6.07, 6.45) is 3.10. The number of halogens is 1. The number of likely N-dealkylation sites (tertiary alicyclic amines) is 1. The lowest BCUT2D eigenvalue weighted by molar-refractivity contribution is -0.137. The summed E-state index contributed by atoms with van der Waals surface area (Å²) < 4.78 is 0. The second-order valence-electron chi connectivity index (χ2n) is 5.14. The summed E-state index contributed by atoms with van der Waals surface area (Å²) >= 11 is 5.64. The molecule has 1 aliphatic heterocycles. The van der Waals surface area contributed by atoms with E-state index in [0.717, 1.165) is 25.8 Å². The van der Waals surface area contributed by atoms with Crippen molar-refractivity contribution in [2.24, 2.45) is 0 Å². The van der Waals surface area contributed by atoms with E-state index in [0.29, 0.717) is 6.54 Å². The van der Waals surface area contributed by atoms with Crippen molar-refractivity contribution in [3.63, 3.8) is 0 Å². The van der Waals surface area contributed by atoms with Gasteiger partial charge in [0, 0.05) is 32.1 Å². The molecule has 1 aliphatic rings. The van der Waals surface area contributed by atoms with Crippen molar-refractivity contribution in [2.75, 3.05) is 19.0 Å². The first-order valence-corrected chi connectivity index (χ1v) is 7.13. The highest BCUT2D eigenvalue weighted by Crippen LogP contribution is 2.19. The average Bonchev–Trinajstić information content (AvgIpc) is 2.34. The summed E-state index contributed by atoms with van der Waals surface area (Å²) in [5.41, 5.74) is 0. The molecule has 0 aromatic carbocycles. The van der Waals surface area contributed by atoms with E-state index in [1.54, 1.807) is 6.92 Å². The quantitative estimate of drug-likeness (QED) is 0.735. The molecule has 0 saturated carbocycles. The second kappa shape index (κ2) is 6.98. The Bertz CT molecular complexity index is 307. The van der Waals surface area contributed by atoms with Crippen LogP contribution in [-0.4, -0.2) is 52.7 Å². The Hall–Kier alpha value is -0.770. The minimum absolute atomic E-state index is 0.0198. The maximum absolute atomic E-state index is 11.8. The van der Waals surface area contributed by atoms with Crippen LogP contribution in [-0.2, 0) is 9.59 Å². The zero-order valence-corrected chi connectivity index (χ0v) is 12.2. The van der Waals surface area contributed by atoms with Crippen molar-refractivity contribution in [1.82, 2.24) is 9.80 Å². The van der Waals surface area contributed by atoms with Gasteiger partial charge in [0.25, 0.3) is 0 Å². The van der Waals surface area contributed by atoms with Gasteiger partial charge >= 0.3 is 0 Å².